The summed E-state index contributed by atoms with van der Waals surface area (Å²) in [6.07, 6.45) is 3.30. The highest BCUT2D eigenvalue weighted by molar-refractivity contribution is 5.78. The third kappa shape index (κ3) is 4.21. The Kier molecular flexibility index (Phi) is 4.80. The Bertz CT molecular complexity index is 502. The molecule has 1 aromatic rings. The molecule has 0 aliphatic heterocycles. The van der Waals surface area contributed by atoms with E-state index in [1.807, 2.05) is 0 Å². The Morgan fingerprint density at radius 3 is 2.33 bits per heavy atom. The first-order valence-electron chi connectivity index (χ1n) is 5.15. The van der Waals surface area contributed by atoms with Crippen LogP contribution < -0.4 is 9.47 Å². The van der Waals surface area contributed by atoms with Crippen molar-refractivity contribution in [2.75, 3.05) is 0 Å². The van der Waals surface area contributed by atoms with Crippen molar-refractivity contribution in [1.29, 1.82) is 0 Å². The van der Waals surface area contributed by atoms with Crippen LogP contribution in [0.4, 0.5) is 0 Å². The van der Waals surface area contributed by atoms with Crippen LogP contribution in [0.5, 0.6) is 11.5 Å². The van der Waals surface area contributed by atoms with Gasteiger partial charge in [0, 0.05) is 19.4 Å². The Morgan fingerprint density at radius 2 is 1.78 bits per heavy atom. The van der Waals surface area contributed by atoms with Crippen LogP contribution in [-0.4, -0.2) is 18.2 Å². The third-order valence-electron chi connectivity index (χ3n) is 1.85. The molecule has 0 fully saturated rings. The highest BCUT2D eigenvalue weighted by Crippen LogP contribution is 2.25. The smallest absolute Gasteiger partial charge is 0.308 e. The summed E-state index contributed by atoms with van der Waals surface area (Å²) in [5.41, 5.74) is 0.469. The summed E-state index contributed by atoms with van der Waals surface area (Å²) in [7, 11) is 0. The van der Waals surface area contributed by atoms with Crippen LogP contribution in [-0.2, 0) is 14.4 Å². The molecule has 0 spiro atoms. The van der Waals surface area contributed by atoms with Crippen molar-refractivity contribution in [3.63, 3.8) is 0 Å². The van der Waals surface area contributed by atoms with E-state index in [4.69, 9.17) is 9.47 Å². The number of carbonyl (C=O) groups excluding carboxylic acids is 3. The molecule has 0 radical (unpaired) electrons. The molecule has 1 rings (SSSR count). The molecular weight excluding hydrogens is 236 g/mol. The lowest BCUT2D eigenvalue weighted by atomic mass is 10.1. The van der Waals surface area contributed by atoms with Gasteiger partial charge in [0.25, 0.3) is 0 Å². The summed E-state index contributed by atoms with van der Waals surface area (Å²) >= 11 is 0. The fourth-order valence-corrected chi connectivity index (χ4v) is 1.28. The Morgan fingerprint density at radius 1 is 1.11 bits per heavy atom. The van der Waals surface area contributed by atoms with Crippen molar-refractivity contribution >= 4 is 24.3 Å². The molecule has 0 aromatic heterocycles. The van der Waals surface area contributed by atoms with E-state index in [2.05, 4.69) is 0 Å². The number of esters is 2. The van der Waals surface area contributed by atoms with Gasteiger partial charge in [-0.25, -0.2) is 0 Å². The number of benzene rings is 1. The number of hydrogen-bond acceptors (Lipinski definition) is 5. The maximum absolute atomic E-state index is 10.9. The van der Waals surface area contributed by atoms with Crippen molar-refractivity contribution in [3.8, 4) is 11.5 Å². The minimum atomic E-state index is -0.476. The predicted octanol–water partition coefficient (Wildman–Crippen LogP) is 1.75. The summed E-state index contributed by atoms with van der Waals surface area (Å²) in [5.74, 6) is -0.336. The van der Waals surface area contributed by atoms with E-state index in [9.17, 15) is 14.4 Å². The molecule has 0 bridgehead atoms. The normalized spacial score (nSPS) is 10.1. The number of ether oxygens (including phenoxy) is 2. The van der Waals surface area contributed by atoms with Gasteiger partial charge in [0.15, 0.2) is 0 Å². The zero-order valence-corrected chi connectivity index (χ0v) is 10.0. The van der Waals surface area contributed by atoms with E-state index >= 15 is 0 Å². The van der Waals surface area contributed by atoms with Crippen LogP contribution in [0.2, 0.25) is 0 Å². The van der Waals surface area contributed by atoms with Gasteiger partial charge in [-0.3, -0.25) is 14.4 Å². The van der Waals surface area contributed by atoms with Gasteiger partial charge >= 0.3 is 11.9 Å². The fraction of sp³-hybridized carbons (Fsp3) is 0.154. The first-order chi connectivity index (χ1) is 8.52. The molecule has 0 saturated carbocycles. The Balaban J connectivity index is 3.10. The third-order valence-corrected chi connectivity index (χ3v) is 1.85. The Hall–Kier alpha value is -2.43. The quantitative estimate of drug-likeness (QED) is 0.351. The first kappa shape index (κ1) is 13.6. The lowest BCUT2D eigenvalue weighted by Crippen LogP contribution is -2.04. The van der Waals surface area contributed by atoms with E-state index in [1.54, 1.807) is 0 Å². The summed E-state index contributed by atoms with van der Waals surface area (Å²) in [5, 5.41) is 0. The second kappa shape index (κ2) is 6.34. The lowest BCUT2D eigenvalue weighted by Gasteiger charge is -2.08. The average molecular weight is 248 g/mol. The molecule has 0 N–H and O–H groups in total. The van der Waals surface area contributed by atoms with Crippen molar-refractivity contribution in [1.82, 2.24) is 0 Å². The summed E-state index contributed by atoms with van der Waals surface area (Å²) < 4.78 is 9.85. The summed E-state index contributed by atoms with van der Waals surface area (Å²) in [6.45, 7) is 2.55. The van der Waals surface area contributed by atoms with Crippen LogP contribution in [0.25, 0.3) is 6.08 Å². The molecule has 5 nitrogen and oxygen atoms in total. The maximum atomic E-state index is 10.9. The number of carbonyl (C=O) groups is 3. The molecule has 0 aliphatic carbocycles. The number of hydrogen-bond donors (Lipinski definition) is 0. The number of aldehydes is 1. The van der Waals surface area contributed by atoms with Gasteiger partial charge in [0.1, 0.15) is 17.8 Å². The average Bonchev–Trinajstić information content (AvgIpc) is 2.27. The first-order valence-corrected chi connectivity index (χ1v) is 5.15. The molecule has 0 saturated heterocycles. The van der Waals surface area contributed by atoms with E-state index in [1.165, 1.54) is 44.2 Å². The van der Waals surface area contributed by atoms with Gasteiger partial charge in [-0.1, -0.05) is 0 Å². The topological polar surface area (TPSA) is 69.7 Å². The number of rotatable bonds is 4. The van der Waals surface area contributed by atoms with Gasteiger partial charge < -0.3 is 9.47 Å². The Labute approximate surface area is 104 Å². The van der Waals surface area contributed by atoms with Gasteiger partial charge in [-0.2, -0.15) is 0 Å². The van der Waals surface area contributed by atoms with Crippen molar-refractivity contribution in [3.05, 3.63) is 29.8 Å². The van der Waals surface area contributed by atoms with E-state index in [0.29, 0.717) is 17.6 Å². The van der Waals surface area contributed by atoms with Crippen LogP contribution in [0, 0.1) is 0 Å². The minimum Gasteiger partial charge on any atom is -0.427 e. The molecule has 18 heavy (non-hydrogen) atoms. The van der Waals surface area contributed by atoms with Gasteiger partial charge in [-0.15, -0.1) is 0 Å². The zero-order chi connectivity index (χ0) is 13.5. The predicted molar refractivity (Wildman–Crippen MR) is 64.2 cm³/mol. The van der Waals surface area contributed by atoms with Crippen LogP contribution in [0.3, 0.4) is 0 Å². The second-order valence-electron chi connectivity index (χ2n) is 3.38. The van der Waals surface area contributed by atoms with E-state index < -0.39 is 11.9 Å². The monoisotopic (exact) mass is 248 g/mol. The van der Waals surface area contributed by atoms with Gasteiger partial charge in [0.2, 0.25) is 0 Å². The molecule has 1 aromatic carbocycles. The summed E-state index contributed by atoms with van der Waals surface area (Å²) in [4.78, 5) is 32.0. The van der Waals surface area contributed by atoms with Gasteiger partial charge in [0.05, 0.1) is 0 Å². The zero-order valence-electron chi connectivity index (χ0n) is 10.0. The molecular formula is C13H12O5. The second-order valence-corrected chi connectivity index (χ2v) is 3.38. The molecule has 0 amide bonds. The molecule has 94 valence electrons. The standard InChI is InChI=1S/C13H12O5/c1-9(15)17-12-5-6-13(18-10(2)16)11(8-12)4-3-7-14/h3-8H,1-2H3. The van der Waals surface area contributed by atoms with Crippen molar-refractivity contribution < 1.29 is 23.9 Å². The lowest BCUT2D eigenvalue weighted by molar-refractivity contribution is -0.133. The van der Waals surface area contributed by atoms with Crippen molar-refractivity contribution in [2.45, 2.75) is 13.8 Å². The van der Waals surface area contributed by atoms with E-state index in [0.717, 1.165) is 0 Å². The fourth-order valence-electron chi connectivity index (χ4n) is 1.28. The molecule has 5 heteroatoms. The molecule has 0 unspecified atom stereocenters. The highest BCUT2D eigenvalue weighted by Gasteiger charge is 2.07. The highest BCUT2D eigenvalue weighted by atomic mass is 16.5. The van der Waals surface area contributed by atoms with Crippen molar-refractivity contribution in [2.24, 2.45) is 0 Å². The van der Waals surface area contributed by atoms with E-state index in [-0.39, 0.29) is 5.75 Å². The van der Waals surface area contributed by atoms with Gasteiger partial charge in [-0.05, 0) is 30.4 Å². The van der Waals surface area contributed by atoms with Crippen LogP contribution in [0.1, 0.15) is 19.4 Å². The largest absolute Gasteiger partial charge is 0.427 e. The minimum absolute atomic E-state index is 0.288. The van der Waals surface area contributed by atoms with Crippen LogP contribution in [0.15, 0.2) is 24.3 Å². The maximum Gasteiger partial charge on any atom is 0.308 e. The molecule has 0 aliphatic rings. The molecule has 0 atom stereocenters. The number of allylic oxidation sites excluding steroid dienone is 1. The summed E-state index contributed by atoms with van der Waals surface area (Å²) in [6, 6.07) is 4.49. The molecule has 0 heterocycles. The SMILES string of the molecule is CC(=O)Oc1ccc(OC(C)=O)c(C=CC=O)c1. The van der Waals surface area contributed by atoms with Crippen LogP contribution >= 0.6 is 0 Å².